The highest BCUT2D eigenvalue weighted by Crippen LogP contribution is 2.57. The van der Waals surface area contributed by atoms with Gasteiger partial charge in [0.1, 0.15) is 0 Å². The number of ether oxygens (including phenoxy) is 1. The maximum atomic E-state index is 12.4. The Labute approximate surface area is 129 Å². The van der Waals surface area contributed by atoms with Gasteiger partial charge in [-0.15, -0.1) is 0 Å². The Morgan fingerprint density at radius 3 is 2.48 bits per heavy atom. The number of rotatable bonds is 7. The van der Waals surface area contributed by atoms with Gasteiger partial charge in [0.05, 0.1) is 12.1 Å². The van der Waals surface area contributed by atoms with Gasteiger partial charge in [-0.3, -0.25) is 4.79 Å². The molecule has 21 heavy (non-hydrogen) atoms. The van der Waals surface area contributed by atoms with E-state index in [1.807, 2.05) is 14.1 Å². The number of carbonyl (C=O) groups excluding carboxylic acids is 1. The van der Waals surface area contributed by atoms with Crippen molar-refractivity contribution in [3.8, 4) is 0 Å². The minimum absolute atomic E-state index is 0.0509. The summed E-state index contributed by atoms with van der Waals surface area (Å²) in [6.45, 7) is 7.23. The van der Waals surface area contributed by atoms with E-state index in [-0.39, 0.29) is 11.9 Å². The van der Waals surface area contributed by atoms with Crippen LogP contribution in [0.3, 0.4) is 0 Å². The molecule has 1 spiro atoms. The Morgan fingerprint density at radius 1 is 1.38 bits per heavy atom. The van der Waals surface area contributed by atoms with Crippen molar-refractivity contribution >= 4 is 5.91 Å². The first-order valence-corrected chi connectivity index (χ1v) is 8.49. The maximum absolute atomic E-state index is 12.4. The summed E-state index contributed by atoms with van der Waals surface area (Å²) >= 11 is 0. The summed E-state index contributed by atoms with van der Waals surface area (Å²) in [6.07, 6.45) is 6.17. The van der Waals surface area contributed by atoms with Crippen molar-refractivity contribution in [2.75, 3.05) is 20.7 Å². The molecular weight excluding hydrogens is 264 g/mol. The van der Waals surface area contributed by atoms with Gasteiger partial charge in [0.15, 0.2) is 0 Å². The summed E-state index contributed by atoms with van der Waals surface area (Å²) in [6, 6.07) is 0.403. The van der Waals surface area contributed by atoms with Gasteiger partial charge in [-0.05, 0) is 38.5 Å². The Bertz CT molecular complexity index is 364. The molecule has 0 radical (unpaired) electrons. The van der Waals surface area contributed by atoms with Crippen LogP contribution in [0.25, 0.3) is 0 Å². The third-order valence-electron chi connectivity index (χ3n) is 5.29. The van der Waals surface area contributed by atoms with E-state index in [0.717, 1.165) is 19.4 Å². The van der Waals surface area contributed by atoms with Crippen LogP contribution in [0, 0.1) is 11.3 Å². The quantitative estimate of drug-likeness (QED) is 0.784. The monoisotopic (exact) mass is 296 g/mol. The number of carbonyl (C=O) groups is 1. The van der Waals surface area contributed by atoms with Gasteiger partial charge >= 0.3 is 0 Å². The van der Waals surface area contributed by atoms with E-state index in [1.165, 1.54) is 19.3 Å². The summed E-state index contributed by atoms with van der Waals surface area (Å²) < 4.78 is 5.90. The molecule has 1 amide bonds. The normalized spacial score (nSPS) is 28.1. The average Bonchev–Trinajstić information content (AvgIpc) is 2.32. The Hall–Kier alpha value is -0.610. The van der Waals surface area contributed by atoms with Crippen LogP contribution in [0.15, 0.2) is 0 Å². The molecule has 3 atom stereocenters. The molecule has 0 aromatic rings. The fourth-order valence-electron chi connectivity index (χ4n) is 3.94. The lowest BCUT2D eigenvalue weighted by atomic mass is 9.51. The van der Waals surface area contributed by atoms with Crippen LogP contribution in [-0.2, 0) is 9.53 Å². The zero-order valence-electron chi connectivity index (χ0n) is 14.3. The lowest BCUT2D eigenvalue weighted by Gasteiger charge is -2.61. The lowest BCUT2D eigenvalue weighted by molar-refractivity contribution is -0.176. The number of nitrogens with one attached hydrogen (secondary N) is 1. The van der Waals surface area contributed by atoms with Gasteiger partial charge in [0.2, 0.25) is 5.91 Å². The molecule has 0 aromatic heterocycles. The topological polar surface area (TPSA) is 41.6 Å². The zero-order chi connectivity index (χ0) is 15.6. The van der Waals surface area contributed by atoms with Crippen molar-refractivity contribution in [3.63, 3.8) is 0 Å². The van der Waals surface area contributed by atoms with Crippen LogP contribution >= 0.6 is 0 Å². The van der Waals surface area contributed by atoms with Gasteiger partial charge in [0, 0.05) is 32.2 Å². The van der Waals surface area contributed by atoms with E-state index in [9.17, 15) is 4.79 Å². The largest absolute Gasteiger partial charge is 0.378 e. The highest BCUT2D eigenvalue weighted by Gasteiger charge is 2.59. The van der Waals surface area contributed by atoms with Crippen LogP contribution in [0.2, 0.25) is 0 Å². The van der Waals surface area contributed by atoms with Crippen molar-refractivity contribution in [3.05, 3.63) is 0 Å². The van der Waals surface area contributed by atoms with E-state index in [4.69, 9.17) is 4.74 Å². The van der Waals surface area contributed by atoms with Gasteiger partial charge in [-0.2, -0.15) is 0 Å². The molecule has 0 aliphatic heterocycles. The second kappa shape index (κ2) is 6.66. The smallest absolute Gasteiger partial charge is 0.239 e. The molecule has 0 aromatic carbocycles. The van der Waals surface area contributed by atoms with Crippen LogP contribution in [0.5, 0.6) is 0 Å². The molecular formula is C17H32N2O2. The summed E-state index contributed by atoms with van der Waals surface area (Å²) in [7, 11) is 3.69. The first-order valence-electron chi connectivity index (χ1n) is 8.49. The first kappa shape index (κ1) is 16.8. The third-order valence-corrected chi connectivity index (χ3v) is 5.29. The molecule has 0 heterocycles. The SMILES string of the molecule is CCOC1CC(NC(CC(C)C)C(=O)N(C)C)C12CCC2. The third kappa shape index (κ3) is 3.26. The number of amides is 1. The van der Waals surface area contributed by atoms with E-state index in [0.29, 0.717) is 23.5 Å². The molecule has 0 bridgehead atoms. The molecule has 2 saturated carbocycles. The van der Waals surface area contributed by atoms with E-state index >= 15 is 0 Å². The van der Waals surface area contributed by atoms with Crippen molar-refractivity contribution < 1.29 is 9.53 Å². The lowest BCUT2D eigenvalue weighted by Crippen LogP contribution is -2.69. The molecule has 0 saturated heterocycles. The molecule has 2 aliphatic rings. The van der Waals surface area contributed by atoms with Crippen LogP contribution < -0.4 is 5.32 Å². The Kier molecular flexibility index (Phi) is 5.31. The highest BCUT2D eigenvalue weighted by molar-refractivity contribution is 5.81. The number of hydrogen-bond acceptors (Lipinski definition) is 3. The van der Waals surface area contributed by atoms with E-state index in [2.05, 4.69) is 26.1 Å². The van der Waals surface area contributed by atoms with Gasteiger partial charge in [-0.25, -0.2) is 0 Å². The number of hydrogen-bond donors (Lipinski definition) is 1. The minimum atomic E-state index is -0.0509. The first-order chi connectivity index (χ1) is 9.90. The highest BCUT2D eigenvalue weighted by atomic mass is 16.5. The van der Waals surface area contributed by atoms with E-state index < -0.39 is 0 Å². The van der Waals surface area contributed by atoms with Gasteiger partial charge in [-0.1, -0.05) is 20.3 Å². The molecule has 4 heteroatoms. The minimum Gasteiger partial charge on any atom is -0.378 e. The van der Waals surface area contributed by atoms with Crippen LogP contribution in [-0.4, -0.2) is 49.7 Å². The van der Waals surface area contributed by atoms with Crippen molar-refractivity contribution in [2.45, 2.75) is 71.1 Å². The van der Waals surface area contributed by atoms with Crippen molar-refractivity contribution in [2.24, 2.45) is 11.3 Å². The second-order valence-corrected chi connectivity index (χ2v) is 7.40. The standard InChI is InChI=1S/C17H32N2O2/c1-6-21-15-11-14(17(15)8-7-9-17)18-13(10-12(2)3)16(20)19(4)5/h12-15,18H,6-11H2,1-5H3. The fraction of sp³-hybridized carbons (Fsp3) is 0.941. The summed E-state index contributed by atoms with van der Waals surface area (Å²) in [5.41, 5.74) is 0.317. The molecule has 1 N–H and O–H groups in total. The number of nitrogens with zero attached hydrogens (tertiary/aromatic N) is 1. The molecule has 3 unspecified atom stereocenters. The Morgan fingerprint density at radius 2 is 2.05 bits per heavy atom. The average molecular weight is 296 g/mol. The van der Waals surface area contributed by atoms with Crippen molar-refractivity contribution in [1.82, 2.24) is 10.2 Å². The maximum Gasteiger partial charge on any atom is 0.239 e. The van der Waals surface area contributed by atoms with Crippen LogP contribution in [0.1, 0.15) is 52.9 Å². The predicted molar refractivity (Wildman–Crippen MR) is 85.2 cm³/mol. The van der Waals surface area contributed by atoms with E-state index in [1.54, 1.807) is 4.90 Å². The number of likely N-dealkylation sites (N-methyl/N-ethyl adjacent to an activating group) is 1. The zero-order valence-corrected chi connectivity index (χ0v) is 14.3. The van der Waals surface area contributed by atoms with Crippen molar-refractivity contribution in [1.29, 1.82) is 0 Å². The molecule has 2 aliphatic carbocycles. The predicted octanol–water partition coefficient (Wildman–Crippen LogP) is 2.43. The molecule has 2 fully saturated rings. The molecule has 4 nitrogen and oxygen atoms in total. The Balaban J connectivity index is 1.99. The van der Waals surface area contributed by atoms with Gasteiger partial charge < -0.3 is 15.0 Å². The summed E-state index contributed by atoms with van der Waals surface area (Å²) in [5.74, 6) is 0.726. The second-order valence-electron chi connectivity index (χ2n) is 7.40. The molecule has 122 valence electrons. The van der Waals surface area contributed by atoms with Gasteiger partial charge in [0.25, 0.3) is 0 Å². The molecule has 2 rings (SSSR count). The fourth-order valence-corrected chi connectivity index (χ4v) is 3.94. The summed E-state index contributed by atoms with van der Waals surface area (Å²) in [4.78, 5) is 14.1. The van der Waals surface area contributed by atoms with Crippen LogP contribution in [0.4, 0.5) is 0 Å². The summed E-state index contributed by atoms with van der Waals surface area (Å²) in [5, 5.41) is 3.68.